The van der Waals surface area contributed by atoms with Crippen LogP contribution in [0, 0.1) is 5.82 Å². The third kappa shape index (κ3) is 6.73. The van der Waals surface area contributed by atoms with Crippen molar-refractivity contribution < 1.29 is 22.3 Å². The van der Waals surface area contributed by atoms with Gasteiger partial charge in [-0.05, 0) is 55.8 Å². The summed E-state index contributed by atoms with van der Waals surface area (Å²) in [5.74, 6) is -0.178. The third-order valence-corrected chi connectivity index (χ3v) is 5.66. The van der Waals surface area contributed by atoms with E-state index < -0.39 is 15.8 Å². The molecule has 0 fully saturated rings. The summed E-state index contributed by atoms with van der Waals surface area (Å²) in [6.45, 7) is 4.85. The third-order valence-electron chi connectivity index (χ3n) is 4.52. The van der Waals surface area contributed by atoms with Crippen LogP contribution in [0.2, 0.25) is 0 Å². The summed E-state index contributed by atoms with van der Waals surface area (Å²) in [5.41, 5.74) is 1.31. The molecule has 0 aliphatic carbocycles. The second-order valence-corrected chi connectivity index (χ2v) is 8.87. The molecule has 0 heterocycles. The first kappa shape index (κ1) is 23.7. The summed E-state index contributed by atoms with van der Waals surface area (Å²) in [6, 6.07) is 10.2. The molecule has 0 radical (unpaired) electrons. The van der Waals surface area contributed by atoms with Gasteiger partial charge in [0.2, 0.25) is 10.0 Å². The van der Waals surface area contributed by atoms with Crippen molar-refractivity contribution in [1.82, 2.24) is 5.32 Å². The van der Waals surface area contributed by atoms with Crippen LogP contribution < -0.4 is 14.4 Å². The number of rotatable bonds is 11. The molecule has 30 heavy (non-hydrogen) atoms. The first-order chi connectivity index (χ1) is 14.3. The fourth-order valence-corrected chi connectivity index (χ4v) is 3.86. The lowest BCUT2D eigenvalue weighted by molar-refractivity contribution is 0.0953. The first-order valence-electron chi connectivity index (χ1n) is 10.0. The van der Waals surface area contributed by atoms with E-state index in [4.69, 9.17) is 4.74 Å². The second kappa shape index (κ2) is 11.0. The number of benzene rings is 2. The lowest BCUT2D eigenvalue weighted by Gasteiger charge is -2.24. The zero-order valence-corrected chi connectivity index (χ0v) is 18.5. The standard InChI is InChI=1S/C22H29FN2O4S/c1-4-6-7-14-24-22(26)17-8-13-21(29-5-2)18(15-17)16-25(30(3,27)28)20-11-9-19(23)10-12-20/h8-13,15H,4-7,14,16H2,1-3H3,(H,24,26). The van der Waals surface area contributed by atoms with Crippen LogP contribution in [0.1, 0.15) is 49.0 Å². The van der Waals surface area contributed by atoms with Crippen molar-refractivity contribution in [2.75, 3.05) is 23.7 Å². The Hall–Kier alpha value is -2.61. The number of nitrogens with zero attached hydrogens (tertiary/aromatic N) is 1. The largest absolute Gasteiger partial charge is 0.494 e. The maximum Gasteiger partial charge on any atom is 0.251 e. The van der Waals surface area contributed by atoms with Crippen LogP contribution >= 0.6 is 0 Å². The van der Waals surface area contributed by atoms with E-state index in [0.29, 0.717) is 35.7 Å². The molecule has 0 bridgehead atoms. The predicted octanol–water partition coefficient (Wildman–Crippen LogP) is 4.11. The van der Waals surface area contributed by atoms with E-state index in [1.807, 2.05) is 6.92 Å². The molecule has 2 rings (SSSR count). The molecule has 0 atom stereocenters. The number of hydrogen-bond acceptors (Lipinski definition) is 4. The first-order valence-corrected chi connectivity index (χ1v) is 11.9. The lowest BCUT2D eigenvalue weighted by Crippen LogP contribution is -2.30. The normalized spacial score (nSPS) is 11.2. The Bertz CT molecular complexity index is 946. The molecule has 0 saturated carbocycles. The molecule has 8 heteroatoms. The number of sulfonamides is 1. The highest BCUT2D eigenvalue weighted by atomic mass is 32.2. The van der Waals surface area contributed by atoms with Crippen LogP contribution in [0.3, 0.4) is 0 Å². The minimum Gasteiger partial charge on any atom is -0.494 e. The minimum absolute atomic E-state index is 0.0449. The van der Waals surface area contributed by atoms with Gasteiger partial charge in [-0.3, -0.25) is 9.10 Å². The van der Waals surface area contributed by atoms with E-state index in [0.717, 1.165) is 29.8 Å². The van der Waals surface area contributed by atoms with E-state index in [1.165, 1.54) is 24.3 Å². The molecule has 0 aromatic heterocycles. The lowest BCUT2D eigenvalue weighted by atomic mass is 10.1. The van der Waals surface area contributed by atoms with Crippen LogP contribution in [-0.4, -0.2) is 33.7 Å². The van der Waals surface area contributed by atoms with Crippen LogP contribution in [0.25, 0.3) is 0 Å². The second-order valence-electron chi connectivity index (χ2n) is 6.96. The highest BCUT2D eigenvalue weighted by Crippen LogP contribution is 2.27. The number of amides is 1. The van der Waals surface area contributed by atoms with Crippen LogP contribution in [0.15, 0.2) is 42.5 Å². The Morgan fingerprint density at radius 1 is 1.10 bits per heavy atom. The Morgan fingerprint density at radius 2 is 1.80 bits per heavy atom. The monoisotopic (exact) mass is 436 g/mol. The van der Waals surface area contributed by atoms with Gasteiger partial charge in [-0.2, -0.15) is 0 Å². The SMILES string of the molecule is CCCCCNC(=O)c1ccc(OCC)c(CN(c2ccc(F)cc2)S(C)(=O)=O)c1. The van der Waals surface area contributed by atoms with E-state index >= 15 is 0 Å². The zero-order chi connectivity index (χ0) is 22.1. The van der Waals surface area contributed by atoms with Gasteiger partial charge in [-0.15, -0.1) is 0 Å². The van der Waals surface area contributed by atoms with Crippen LogP contribution in [-0.2, 0) is 16.6 Å². The summed E-state index contributed by atoms with van der Waals surface area (Å²) in [7, 11) is -3.66. The number of carbonyl (C=O) groups is 1. The van der Waals surface area contributed by atoms with Gasteiger partial charge in [0.25, 0.3) is 5.91 Å². The van der Waals surface area contributed by atoms with Gasteiger partial charge in [0.05, 0.1) is 25.1 Å². The van der Waals surface area contributed by atoms with Gasteiger partial charge in [-0.25, -0.2) is 12.8 Å². The number of ether oxygens (including phenoxy) is 1. The van der Waals surface area contributed by atoms with Gasteiger partial charge in [0.1, 0.15) is 11.6 Å². The topological polar surface area (TPSA) is 75.7 Å². The molecule has 2 aromatic carbocycles. The number of unbranched alkanes of at least 4 members (excludes halogenated alkanes) is 2. The molecule has 164 valence electrons. The molecule has 1 N–H and O–H groups in total. The predicted molar refractivity (Wildman–Crippen MR) is 117 cm³/mol. The van der Waals surface area contributed by atoms with Gasteiger partial charge in [0, 0.05) is 17.7 Å². The van der Waals surface area contributed by atoms with E-state index in [1.54, 1.807) is 18.2 Å². The smallest absolute Gasteiger partial charge is 0.251 e. The quantitative estimate of drug-likeness (QED) is 0.538. The summed E-state index contributed by atoms with van der Waals surface area (Å²) < 4.78 is 44.9. The molecule has 0 aliphatic heterocycles. The van der Waals surface area contributed by atoms with Gasteiger partial charge in [-0.1, -0.05) is 19.8 Å². The summed E-state index contributed by atoms with van der Waals surface area (Å²) >= 11 is 0. The fraction of sp³-hybridized carbons (Fsp3) is 0.409. The average Bonchev–Trinajstić information content (AvgIpc) is 2.70. The average molecular weight is 437 g/mol. The van der Waals surface area contributed by atoms with E-state index in [2.05, 4.69) is 12.2 Å². The Labute approximate surface area is 178 Å². The summed E-state index contributed by atoms with van der Waals surface area (Å²) in [5, 5.41) is 2.88. The van der Waals surface area contributed by atoms with Crippen LogP contribution in [0.5, 0.6) is 5.75 Å². The van der Waals surface area contributed by atoms with Crippen LogP contribution in [0.4, 0.5) is 10.1 Å². The van der Waals surface area contributed by atoms with Gasteiger partial charge >= 0.3 is 0 Å². The number of hydrogen-bond donors (Lipinski definition) is 1. The number of halogens is 1. The van der Waals surface area contributed by atoms with Crippen molar-refractivity contribution in [2.45, 2.75) is 39.7 Å². The summed E-state index contributed by atoms with van der Waals surface area (Å²) in [4.78, 5) is 12.5. The molecular formula is C22H29FN2O4S. The molecule has 0 unspecified atom stereocenters. The molecule has 2 aromatic rings. The highest BCUT2D eigenvalue weighted by molar-refractivity contribution is 7.92. The minimum atomic E-state index is -3.66. The Kier molecular flexibility index (Phi) is 8.65. The maximum absolute atomic E-state index is 13.3. The molecule has 0 aliphatic rings. The Morgan fingerprint density at radius 3 is 2.40 bits per heavy atom. The number of anilines is 1. The molecular weight excluding hydrogens is 407 g/mol. The highest BCUT2D eigenvalue weighted by Gasteiger charge is 2.21. The molecule has 0 spiro atoms. The number of nitrogens with one attached hydrogen (secondary N) is 1. The van der Waals surface area contributed by atoms with Gasteiger partial charge < -0.3 is 10.1 Å². The van der Waals surface area contributed by atoms with Crippen molar-refractivity contribution in [3.8, 4) is 5.75 Å². The van der Waals surface area contributed by atoms with Crippen molar-refractivity contribution in [2.24, 2.45) is 0 Å². The summed E-state index contributed by atoms with van der Waals surface area (Å²) in [6.07, 6.45) is 4.09. The molecule has 1 amide bonds. The van der Waals surface area contributed by atoms with Crippen molar-refractivity contribution in [1.29, 1.82) is 0 Å². The fourth-order valence-electron chi connectivity index (χ4n) is 2.98. The van der Waals surface area contributed by atoms with Crippen molar-refractivity contribution in [3.63, 3.8) is 0 Å². The number of carbonyl (C=O) groups excluding carboxylic acids is 1. The van der Waals surface area contributed by atoms with Gasteiger partial charge in [0.15, 0.2) is 0 Å². The Balaban J connectivity index is 2.33. The van der Waals surface area contributed by atoms with Crippen molar-refractivity contribution >= 4 is 21.6 Å². The van der Waals surface area contributed by atoms with Crippen molar-refractivity contribution in [3.05, 3.63) is 59.4 Å². The molecule has 0 saturated heterocycles. The van der Waals surface area contributed by atoms with E-state index in [9.17, 15) is 17.6 Å². The van der Waals surface area contributed by atoms with E-state index in [-0.39, 0.29) is 12.5 Å². The molecule has 6 nitrogen and oxygen atoms in total. The zero-order valence-electron chi connectivity index (χ0n) is 17.7. The maximum atomic E-state index is 13.3.